The zero-order valence-electron chi connectivity index (χ0n) is 17.5. The Morgan fingerprint density at radius 3 is 2.42 bits per heavy atom. The molecule has 2 aromatic heterocycles. The van der Waals surface area contributed by atoms with Crippen molar-refractivity contribution in [2.75, 3.05) is 31.1 Å². The Hall–Kier alpha value is -3.27. The van der Waals surface area contributed by atoms with E-state index in [4.69, 9.17) is 16.6 Å². The number of nitro benzene ring substituents is 1. The van der Waals surface area contributed by atoms with E-state index in [1.165, 1.54) is 23.5 Å². The Bertz CT molecular complexity index is 1360. The van der Waals surface area contributed by atoms with Crippen LogP contribution >= 0.6 is 22.9 Å². The molecule has 3 heterocycles. The number of benzene rings is 2. The number of anilines is 1. The van der Waals surface area contributed by atoms with Crippen molar-refractivity contribution in [2.24, 2.45) is 0 Å². The number of hydrogen-bond acceptors (Lipinski definition) is 7. The molecule has 0 atom stereocenters. The third-order valence-electron chi connectivity index (χ3n) is 5.82. The quantitative estimate of drug-likeness (QED) is 0.332. The Morgan fingerprint density at radius 2 is 1.76 bits per heavy atom. The highest BCUT2D eigenvalue weighted by Gasteiger charge is 2.20. The SMILES string of the molecule is O=c1[nH]c(CN2CCN(c3ccc([N+](=O)[O-])cc3)CC2)nc2scc(-c3ccc(Cl)cc3)c12. The van der Waals surface area contributed by atoms with E-state index in [2.05, 4.69) is 14.8 Å². The van der Waals surface area contributed by atoms with E-state index in [1.54, 1.807) is 12.1 Å². The fourth-order valence-electron chi connectivity index (χ4n) is 4.07. The maximum absolute atomic E-state index is 12.9. The molecule has 0 bridgehead atoms. The molecule has 33 heavy (non-hydrogen) atoms. The number of halogens is 1. The molecule has 5 rings (SSSR count). The minimum Gasteiger partial charge on any atom is -0.369 e. The van der Waals surface area contributed by atoms with Crippen LogP contribution in [0.15, 0.2) is 58.7 Å². The second kappa shape index (κ2) is 8.93. The lowest BCUT2D eigenvalue weighted by atomic mass is 10.1. The Labute approximate surface area is 198 Å². The van der Waals surface area contributed by atoms with Gasteiger partial charge in [0.1, 0.15) is 10.7 Å². The largest absolute Gasteiger partial charge is 0.369 e. The van der Waals surface area contributed by atoms with Crippen LogP contribution < -0.4 is 10.5 Å². The molecule has 1 N–H and O–H groups in total. The average Bonchev–Trinajstić information content (AvgIpc) is 3.25. The number of piperazine rings is 1. The van der Waals surface area contributed by atoms with Crippen LogP contribution in [0.3, 0.4) is 0 Å². The van der Waals surface area contributed by atoms with E-state index >= 15 is 0 Å². The number of fused-ring (bicyclic) bond motifs is 1. The van der Waals surface area contributed by atoms with Crippen LogP contribution in [0.25, 0.3) is 21.3 Å². The molecule has 1 aliphatic rings. The summed E-state index contributed by atoms with van der Waals surface area (Å²) in [6.45, 7) is 3.76. The molecule has 2 aromatic carbocycles. The van der Waals surface area contributed by atoms with Crippen molar-refractivity contribution in [2.45, 2.75) is 6.54 Å². The summed E-state index contributed by atoms with van der Waals surface area (Å²) in [5.41, 5.74) is 2.74. The first-order valence-electron chi connectivity index (χ1n) is 10.5. The number of nitro groups is 1. The number of H-pyrrole nitrogens is 1. The number of non-ortho nitro benzene ring substituents is 1. The van der Waals surface area contributed by atoms with Crippen LogP contribution in [0, 0.1) is 10.1 Å². The standard InChI is InChI=1S/C23H20ClN5O3S/c24-16-3-1-15(2-4-16)19-14-33-23-21(19)22(30)25-20(26-23)13-27-9-11-28(12-10-27)17-5-7-18(8-6-17)29(31)32/h1-8,14H,9-13H2,(H,25,26,30). The molecular formula is C23H20ClN5O3S. The van der Waals surface area contributed by atoms with Gasteiger partial charge in [-0.15, -0.1) is 11.3 Å². The minimum atomic E-state index is -0.391. The molecule has 0 spiro atoms. The van der Waals surface area contributed by atoms with Crippen molar-refractivity contribution in [3.63, 3.8) is 0 Å². The van der Waals surface area contributed by atoms with Gasteiger partial charge < -0.3 is 9.88 Å². The molecule has 1 fully saturated rings. The summed E-state index contributed by atoms with van der Waals surface area (Å²) in [6, 6.07) is 14.1. The number of hydrogen-bond donors (Lipinski definition) is 1. The lowest BCUT2D eigenvalue weighted by Gasteiger charge is -2.35. The average molecular weight is 482 g/mol. The van der Waals surface area contributed by atoms with Crippen LogP contribution in [0.4, 0.5) is 11.4 Å². The summed E-state index contributed by atoms with van der Waals surface area (Å²) in [5, 5.41) is 14.1. The first-order chi connectivity index (χ1) is 16.0. The minimum absolute atomic E-state index is 0.0932. The number of aromatic nitrogens is 2. The van der Waals surface area contributed by atoms with Gasteiger partial charge in [0, 0.05) is 60.0 Å². The smallest absolute Gasteiger partial charge is 0.269 e. The van der Waals surface area contributed by atoms with E-state index in [0.717, 1.165) is 47.8 Å². The zero-order chi connectivity index (χ0) is 22.9. The van der Waals surface area contributed by atoms with Gasteiger partial charge in [-0.3, -0.25) is 19.8 Å². The van der Waals surface area contributed by atoms with E-state index in [1.807, 2.05) is 29.6 Å². The van der Waals surface area contributed by atoms with Crippen molar-refractivity contribution < 1.29 is 4.92 Å². The summed E-state index contributed by atoms with van der Waals surface area (Å²) >= 11 is 7.45. The summed E-state index contributed by atoms with van der Waals surface area (Å²) < 4.78 is 0. The van der Waals surface area contributed by atoms with Gasteiger partial charge in [-0.05, 0) is 29.8 Å². The molecule has 0 amide bonds. The zero-order valence-corrected chi connectivity index (χ0v) is 19.1. The van der Waals surface area contributed by atoms with Gasteiger partial charge in [0.2, 0.25) is 0 Å². The van der Waals surface area contributed by atoms with E-state index in [0.29, 0.717) is 22.8 Å². The Balaban J connectivity index is 1.28. The third-order valence-corrected chi connectivity index (χ3v) is 6.94. The van der Waals surface area contributed by atoms with Gasteiger partial charge in [0.15, 0.2) is 0 Å². The molecule has 0 unspecified atom stereocenters. The molecule has 1 aliphatic heterocycles. The Morgan fingerprint density at radius 1 is 1.06 bits per heavy atom. The van der Waals surface area contributed by atoms with Crippen molar-refractivity contribution in [1.82, 2.24) is 14.9 Å². The van der Waals surface area contributed by atoms with Gasteiger partial charge in [0.25, 0.3) is 11.2 Å². The molecular weight excluding hydrogens is 462 g/mol. The number of nitrogens with one attached hydrogen (secondary N) is 1. The van der Waals surface area contributed by atoms with E-state index in [-0.39, 0.29) is 11.2 Å². The number of aromatic amines is 1. The molecule has 0 radical (unpaired) electrons. The second-order valence-corrected chi connectivity index (χ2v) is 9.18. The highest BCUT2D eigenvalue weighted by atomic mass is 35.5. The molecule has 4 aromatic rings. The summed E-state index contributed by atoms with van der Waals surface area (Å²) in [7, 11) is 0. The molecule has 0 aliphatic carbocycles. The number of nitrogens with zero attached hydrogens (tertiary/aromatic N) is 4. The second-order valence-electron chi connectivity index (χ2n) is 7.89. The van der Waals surface area contributed by atoms with Crippen molar-refractivity contribution >= 4 is 44.5 Å². The summed E-state index contributed by atoms with van der Waals surface area (Å²) in [4.78, 5) is 36.2. The summed E-state index contributed by atoms with van der Waals surface area (Å²) in [6.07, 6.45) is 0. The van der Waals surface area contributed by atoms with Crippen LogP contribution in [-0.4, -0.2) is 46.0 Å². The van der Waals surface area contributed by atoms with E-state index < -0.39 is 4.92 Å². The number of rotatable bonds is 5. The van der Waals surface area contributed by atoms with Crippen LogP contribution in [0.2, 0.25) is 5.02 Å². The monoisotopic (exact) mass is 481 g/mol. The molecule has 8 nitrogen and oxygen atoms in total. The van der Waals surface area contributed by atoms with Gasteiger partial charge in [-0.1, -0.05) is 23.7 Å². The van der Waals surface area contributed by atoms with Crippen molar-refractivity contribution in [1.29, 1.82) is 0 Å². The molecule has 10 heteroatoms. The van der Waals surface area contributed by atoms with Crippen LogP contribution in [-0.2, 0) is 6.54 Å². The van der Waals surface area contributed by atoms with Crippen molar-refractivity contribution in [3.05, 3.63) is 85.2 Å². The maximum Gasteiger partial charge on any atom is 0.269 e. The van der Waals surface area contributed by atoms with Crippen LogP contribution in [0.5, 0.6) is 0 Å². The Kier molecular flexibility index (Phi) is 5.84. The third kappa shape index (κ3) is 4.47. The fourth-order valence-corrected chi connectivity index (χ4v) is 5.16. The summed E-state index contributed by atoms with van der Waals surface area (Å²) in [5.74, 6) is 0.654. The highest BCUT2D eigenvalue weighted by Crippen LogP contribution is 2.31. The van der Waals surface area contributed by atoms with Gasteiger partial charge in [-0.25, -0.2) is 4.98 Å². The number of thiophene rings is 1. The fraction of sp³-hybridized carbons (Fsp3) is 0.217. The van der Waals surface area contributed by atoms with Gasteiger partial charge in [-0.2, -0.15) is 0 Å². The maximum atomic E-state index is 12.9. The predicted molar refractivity (Wildman–Crippen MR) is 131 cm³/mol. The molecule has 1 saturated heterocycles. The highest BCUT2D eigenvalue weighted by molar-refractivity contribution is 7.17. The lowest BCUT2D eigenvalue weighted by molar-refractivity contribution is -0.384. The van der Waals surface area contributed by atoms with Crippen molar-refractivity contribution in [3.8, 4) is 11.1 Å². The normalized spacial score (nSPS) is 14.6. The van der Waals surface area contributed by atoms with Gasteiger partial charge >= 0.3 is 0 Å². The predicted octanol–water partition coefficient (Wildman–Crippen LogP) is 4.54. The lowest BCUT2D eigenvalue weighted by Crippen LogP contribution is -2.46. The van der Waals surface area contributed by atoms with Gasteiger partial charge in [0.05, 0.1) is 16.9 Å². The molecule has 168 valence electrons. The molecule has 0 saturated carbocycles. The van der Waals surface area contributed by atoms with Crippen LogP contribution in [0.1, 0.15) is 5.82 Å². The van der Waals surface area contributed by atoms with E-state index in [9.17, 15) is 14.9 Å². The first kappa shape index (κ1) is 21.6. The topological polar surface area (TPSA) is 95.4 Å². The first-order valence-corrected chi connectivity index (χ1v) is 11.7.